The number of carbonyl (C=O) groups is 1. The monoisotopic (exact) mass is 362 g/mol. The van der Waals surface area contributed by atoms with E-state index >= 15 is 0 Å². The Hall–Kier alpha value is -2.44. The molecule has 0 bridgehead atoms. The highest BCUT2D eigenvalue weighted by atomic mass is 35.5. The van der Waals surface area contributed by atoms with Gasteiger partial charge in [0.2, 0.25) is 0 Å². The van der Waals surface area contributed by atoms with Crippen LogP contribution in [0.2, 0.25) is 5.02 Å². The first-order valence-electron chi connectivity index (χ1n) is 7.96. The molecule has 0 atom stereocenters. The average molecular weight is 363 g/mol. The van der Waals surface area contributed by atoms with E-state index in [2.05, 4.69) is 10.2 Å². The molecule has 0 aliphatic carbocycles. The van der Waals surface area contributed by atoms with Crippen LogP contribution < -0.4 is 15.0 Å². The molecule has 2 aromatic carbocycles. The van der Waals surface area contributed by atoms with Gasteiger partial charge in [-0.2, -0.15) is 0 Å². The summed E-state index contributed by atoms with van der Waals surface area (Å²) in [5.74, 6) is -0.0794. The van der Waals surface area contributed by atoms with E-state index in [4.69, 9.17) is 21.1 Å². The van der Waals surface area contributed by atoms with Crippen LogP contribution in [0.1, 0.15) is 0 Å². The lowest BCUT2D eigenvalue weighted by atomic mass is 10.2. The minimum Gasteiger partial charge on any atom is -0.504 e. The summed E-state index contributed by atoms with van der Waals surface area (Å²) in [5, 5.41) is 13.0. The second-order valence-electron chi connectivity index (χ2n) is 5.57. The zero-order valence-electron chi connectivity index (χ0n) is 13.6. The van der Waals surface area contributed by atoms with Crippen molar-refractivity contribution >= 4 is 28.9 Å². The standard InChI is InChI=1S/C18H19ClN2O4/c19-13-5-6-15(21-7-9-24-10-8-21)14(11-13)20-18(23)12-25-17-4-2-1-3-16(17)22/h1-6,11,22H,7-10,12H2,(H,20,23). The Morgan fingerprint density at radius 2 is 2.00 bits per heavy atom. The van der Waals surface area contributed by atoms with Gasteiger partial charge in [-0.15, -0.1) is 0 Å². The number of nitrogens with one attached hydrogen (secondary N) is 1. The number of hydrogen-bond donors (Lipinski definition) is 2. The lowest BCUT2D eigenvalue weighted by molar-refractivity contribution is -0.118. The molecule has 0 saturated carbocycles. The van der Waals surface area contributed by atoms with Gasteiger partial charge in [0.15, 0.2) is 18.1 Å². The molecule has 3 rings (SSSR count). The molecule has 1 fully saturated rings. The fourth-order valence-electron chi connectivity index (χ4n) is 2.60. The molecule has 2 aromatic rings. The summed E-state index contributed by atoms with van der Waals surface area (Å²) < 4.78 is 10.7. The number of anilines is 2. The molecule has 2 N–H and O–H groups in total. The van der Waals surface area contributed by atoms with Crippen LogP contribution in [0.4, 0.5) is 11.4 Å². The van der Waals surface area contributed by atoms with Crippen molar-refractivity contribution in [2.24, 2.45) is 0 Å². The van der Waals surface area contributed by atoms with E-state index < -0.39 is 0 Å². The van der Waals surface area contributed by atoms with Gasteiger partial charge in [0.1, 0.15) is 0 Å². The smallest absolute Gasteiger partial charge is 0.262 e. The molecule has 0 unspecified atom stereocenters. The molecule has 7 heteroatoms. The summed E-state index contributed by atoms with van der Waals surface area (Å²) in [6.45, 7) is 2.57. The predicted molar refractivity (Wildman–Crippen MR) is 96.7 cm³/mol. The molecule has 132 valence electrons. The first-order valence-corrected chi connectivity index (χ1v) is 8.34. The third-order valence-electron chi connectivity index (χ3n) is 3.81. The maximum absolute atomic E-state index is 12.2. The number of aromatic hydroxyl groups is 1. The van der Waals surface area contributed by atoms with Crippen molar-refractivity contribution in [2.45, 2.75) is 0 Å². The van der Waals surface area contributed by atoms with E-state index in [-0.39, 0.29) is 24.0 Å². The zero-order chi connectivity index (χ0) is 17.6. The van der Waals surface area contributed by atoms with Gasteiger partial charge in [-0.1, -0.05) is 23.7 Å². The Kier molecular flexibility index (Phi) is 5.63. The van der Waals surface area contributed by atoms with Gasteiger partial charge < -0.3 is 24.8 Å². The van der Waals surface area contributed by atoms with Crippen LogP contribution in [-0.4, -0.2) is 43.9 Å². The van der Waals surface area contributed by atoms with E-state index in [9.17, 15) is 9.90 Å². The first kappa shape index (κ1) is 17.4. The number of amides is 1. The fourth-order valence-corrected chi connectivity index (χ4v) is 2.77. The van der Waals surface area contributed by atoms with Gasteiger partial charge >= 0.3 is 0 Å². The van der Waals surface area contributed by atoms with Gasteiger partial charge in [-0.25, -0.2) is 0 Å². The molecule has 1 amide bonds. The number of halogens is 1. The average Bonchev–Trinajstić information content (AvgIpc) is 2.62. The van der Waals surface area contributed by atoms with Crippen molar-refractivity contribution in [1.82, 2.24) is 0 Å². The van der Waals surface area contributed by atoms with Crippen molar-refractivity contribution in [3.8, 4) is 11.5 Å². The van der Waals surface area contributed by atoms with Crippen LogP contribution in [0.15, 0.2) is 42.5 Å². The topological polar surface area (TPSA) is 71.0 Å². The van der Waals surface area contributed by atoms with Crippen LogP contribution in [0.3, 0.4) is 0 Å². The third kappa shape index (κ3) is 4.55. The zero-order valence-corrected chi connectivity index (χ0v) is 14.3. The highest BCUT2D eigenvalue weighted by Crippen LogP contribution is 2.30. The first-order chi connectivity index (χ1) is 12.1. The molecule has 1 aliphatic rings. The molecule has 0 aromatic heterocycles. The van der Waals surface area contributed by atoms with E-state index in [1.54, 1.807) is 30.3 Å². The van der Waals surface area contributed by atoms with Gasteiger partial charge in [-0.3, -0.25) is 4.79 Å². The summed E-state index contributed by atoms with van der Waals surface area (Å²) in [7, 11) is 0. The van der Waals surface area contributed by atoms with Crippen LogP contribution >= 0.6 is 11.6 Å². The van der Waals surface area contributed by atoms with Crippen LogP contribution in [0, 0.1) is 0 Å². The normalized spacial score (nSPS) is 14.2. The van der Waals surface area contributed by atoms with Gasteiger partial charge in [0.25, 0.3) is 5.91 Å². The lowest BCUT2D eigenvalue weighted by Gasteiger charge is -2.30. The predicted octanol–water partition coefficient (Wildman–Crippen LogP) is 2.90. The number of phenolic OH excluding ortho intramolecular Hbond substituents is 1. The molecular weight excluding hydrogens is 344 g/mol. The third-order valence-corrected chi connectivity index (χ3v) is 4.04. The van der Waals surface area contributed by atoms with Gasteiger partial charge in [-0.05, 0) is 30.3 Å². The quantitative estimate of drug-likeness (QED) is 0.855. The molecule has 6 nitrogen and oxygen atoms in total. The summed E-state index contributed by atoms with van der Waals surface area (Å²) in [6.07, 6.45) is 0. The minimum absolute atomic E-state index is 0.00735. The number of carbonyl (C=O) groups excluding carboxylic acids is 1. The molecule has 0 spiro atoms. The number of benzene rings is 2. The van der Waals surface area contributed by atoms with Crippen molar-refractivity contribution in [2.75, 3.05) is 43.1 Å². The summed E-state index contributed by atoms with van der Waals surface area (Å²) in [4.78, 5) is 14.4. The lowest BCUT2D eigenvalue weighted by Crippen LogP contribution is -2.37. The fraction of sp³-hybridized carbons (Fsp3) is 0.278. The molecule has 1 heterocycles. The summed E-state index contributed by atoms with van der Waals surface area (Å²) >= 11 is 6.07. The Morgan fingerprint density at radius 1 is 1.24 bits per heavy atom. The highest BCUT2D eigenvalue weighted by Gasteiger charge is 2.17. The molecular formula is C18H19ClN2O4. The number of nitrogens with zero attached hydrogens (tertiary/aromatic N) is 1. The van der Waals surface area contributed by atoms with Crippen LogP contribution in [0.25, 0.3) is 0 Å². The minimum atomic E-state index is -0.333. The Bertz CT molecular complexity index is 748. The summed E-state index contributed by atoms with van der Waals surface area (Å²) in [6, 6.07) is 11.9. The van der Waals surface area contributed by atoms with E-state index in [1.807, 2.05) is 6.07 Å². The second kappa shape index (κ2) is 8.09. The number of para-hydroxylation sites is 2. The number of phenols is 1. The molecule has 1 aliphatic heterocycles. The van der Waals surface area contributed by atoms with Crippen molar-refractivity contribution in [3.63, 3.8) is 0 Å². The number of ether oxygens (including phenoxy) is 2. The van der Waals surface area contributed by atoms with Crippen LogP contribution in [-0.2, 0) is 9.53 Å². The highest BCUT2D eigenvalue weighted by molar-refractivity contribution is 6.31. The van der Waals surface area contributed by atoms with Gasteiger partial charge in [0.05, 0.1) is 24.6 Å². The number of morpholine rings is 1. The van der Waals surface area contributed by atoms with E-state index in [0.717, 1.165) is 18.8 Å². The SMILES string of the molecule is O=C(COc1ccccc1O)Nc1cc(Cl)ccc1N1CCOCC1. The van der Waals surface area contributed by atoms with Crippen LogP contribution in [0.5, 0.6) is 11.5 Å². The van der Waals surface area contributed by atoms with Gasteiger partial charge in [0, 0.05) is 18.1 Å². The maximum atomic E-state index is 12.2. The summed E-state index contributed by atoms with van der Waals surface area (Å²) in [5.41, 5.74) is 1.52. The largest absolute Gasteiger partial charge is 0.504 e. The molecule has 25 heavy (non-hydrogen) atoms. The Morgan fingerprint density at radius 3 is 2.76 bits per heavy atom. The van der Waals surface area contributed by atoms with Crippen molar-refractivity contribution < 1.29 is 19.4 Å². The number of hydrogen-bond acceptors (Lipinski definition) is 5. The van der Waals surface area contributed by atoms with E-state index in [0.29, 0.717) is 23.9 Å². The van der Waals surface area contributed by atoms with Crippen molar-refractivity contribution in [3.05, 3.63) is 47.5 Å². The molecule has 0 radical (unpaired) electrons. The van der Waals surface area contributed by atoms with Crippen molar-refractivity contribution in [1.29, 1.82) is 0 Å². The molecule has 1 saturated heterocycles. The maximum Gasteiger partial charge on any atom is 0.262 e. The number of rotatable bonds is 5. The Labute approximate surface area is 150 Å². The Balaban J connectivity index is 1.68. The second-order valence-corrected chi connectivity index (χ2v) is 6.00. The van der Waals surface area contributed by atoms with E-state index in [1.165, 1.54) is 6.07 Å².